The summed E-state index contributed by atoms with van der Waals surface area (Å²) in [7, 11) is 1.47. The van der Waals surface area contributed by atoms with E-state index in [9.17, 15) is 26.3 Å². The third-order valence-corrected chi connectivity index (χ3v) is 5.54. The number of ether oxygens (including phenoxy) is 2. The predicted octanol–water partition coefficient (Wildman–Crippen LogP) is 7.07. The van der Waals surface area contributed by atoms with Crippen molar-refractivity contribution in [3.8, 4) is 5.75 Å². The summed E-state index contributed by atoms with van der Waals surface area (Å²) in [6.45, 7) is 1.73. The van der Waals surface area contributed by atoms with Gasteiger partial charge in [-0.2, -0.15) is 26.3 Å². The van der Waals surface area contributed by atoms with Crippen molar-refractivity contribution in [1.29, 1.82) is 0 Å². The van der Waals surface area contributed by atoms with E-state index < -0.39 is 29.9 Å². The fourth-order valence-corrected chi connectivity index (χ4v) is 3.78. The third-order valence-electron chi connectivity index (χ3n) is 5.54. The van der Waals surface area contributed by atoms with Crippen LogP contribution in [0.2, 0.25) is 0 Å². The molecule has 0 aromatic heterocycles. The minimum Gasteiger partial charge on any atom is -0.490 e. The van der Waals surface area contributed by atoms with Crippen LogP contribution in [0.4, 0.5) is 26.3 Å². The lowest BCUT2D eigenvalue weighted by Gasteiger charge is -2.31. The van der Waals surface area contributed by atoms with Gasteiger partial charge in [-0.05, 0) is 61.1 Å². The highest BCUT2D eigenvalue weighted by molar-refractivity contribution is 5.89. The topological polar surface area (TPSA) is 18.5 Å². The summed E-state index contributed by atoms with van der Waals surface area (Å²) in [6, 6.07) is 7.51. The molecule has 0 radical (unpaired) electrons. The first kappa shape index (κ1) is 21.7. The van der Waals surface area contributed by atoms with E-state index in [1.807, 2.05) is 0 Å². The van der Waals surface area contributed by atoms with Gasteiger partial charge in [0.15, 0.2) is 0 Å². The van der Waals surface area contributed by atoms with Gasteiger partial charge in [-0.3, -0.25) is 0 Å². The molecule has 0 spiro atoms. The van der Waals surface area contributed by atoms with E-state index in [2.05, 4.69) is 0 Å². The van der Waals surface area contributed by atoms with Gasteiger partial charge >= 0.3 is 12.4 Å². The summed E-state index contributed by atoms with van der Waals surface area (Å²) < 4.78 is 91.0. The van der Waals surface area contributed by atoms with E-state index in [0.29, 0.717) is 10.9 Å². The molecule has 0 amide bonds. The van der Waals surface area contributed by atoms with Crippen LogP contribution in [0.25, 0.3) is 10.8 Å². The van der Waals surface area contributed by atoms with Crippen molar-refractivity contribution in [2.45, 2.75) is 57.2 Å². The molecule has 0 heterocycles. The second kappa shape index (κ2) is 8.05. The highest BCUT2D eigenvalue weighted by Gasteiger charge is 2.42. The smallest absolute Gasteiger partial charge is 0.420 e. The molecule has 0 aliphatic heterocycles. The van der Waals surface area contributed by atoms with Crippen LogP contribution in [0.15, 0.2) is 30.3 Å². The van der Waals surface area contributed by atoms with Crippen LogP contribution in [0.3, 0.4) is 0 Å². The first-order valence-corrected chi connectivity index (χ1v) is 9.40. The Balaban J connectivity index is 1.93. The molecular formula is C21H22F6O2. The first-order valence-electron chi connectivity index (χ1n) is 9.40. The lowest BCUT2D eigenvalue weighted by molar-refractivity contribution is -0.185. The van der Waals surface area contributed by atoms with Crippen LogP contribution in [-0.4, -0.2) is 19.4 Å². The van der Waals surface area contributed by atoms with E-state index in [1.54, 1.807) is 19.1 Å². The van der Waals surface area contributed by atoms with Crippen LogP contribution < -0.4 is 4.74 Å². The van der Waals surface area contributed by atoms with Gasteiger partial charge in [-0.15, -0.1) is 0 Å². The van der Waals surface area contributed by atoms with E-state index in [1.165, 1.54) is 25.3 Å². The molecule has 160 valence electrons. The number of hydrogen-bond acceptors (Lipinski definition) is 2. The summed E-state index contributed by atoms with van der Waals surface area (Å²) in [5.74, 6) is -1.76. The molecule has 2 aromatic rings. The van der Waals surface area contributed by atoms with E-state index in [-0.39, 0.29) is 42.9 Å². The van der Waals surface area contributed by atoms with Crippen LogP contribution in [0, 0.1) is 5.92 Å². The van der Waals surface area contributed by atoms with Crippen molar-refractivity contribution in [2.24, 2.45) is 5.92 Å². The average molecular weight is 420 g/mol. The lowest BCUT2D eigenvalue weighted by atomic mass is 9.87. The number of halogens is 6. The molecule has 8 heteroatoms. The molecule has 1 saturated carbocycles. The molecule has 1 fully saturated rings. The standard InChI is InChI=1S/C21H22F6O2/c1-12(28-2)14-4-3-13-5-10-18(19(17(13)11-14)21(25,26)27)29-16-8-6-15(7-9-16)20(22,23)24/h3-5,10-12,15-16H,6-9H2,1-2H3. The lowest BCUT2D eigenvalue weighted by Crippen LogP contribution is -2.32. The minimum absolute atomic E-state index is 0.0135. The van der Waals surface area contributed by atoms with Crippen LogP contribution in [0.5, 0.6) is 5.75 Å². The number of rotatable bonds is 4. The molecule has 1 aliphatic rings. The highest BCUT2D eigenvalue weighted by Crippen LogP contribution is 2.44. The van der Waals surface area contributed by atoms with Gasteiger partial charge in [-0.25, -0.2) is 0 Å². The van der Waals surface area contributed by atoms with Gasteiger partial charge in [0.2, 0.25) is 0 Å². The minimum atomic E-state index is -4.67. The predicted molar refractivity (Wildman–Crippen MR) is 96.8 cm³/mol. The quantitative estimate of drug-likeness (QED) is 0.493. The van der Waals surface area contributed by atoms with Crippen LogP contribution in [-0.2, 0) is 10.9 Å². The Morgan fingerprint density at radius 3 is 2.10 bits per heavy atom. The summed E-state index contributed by atoms with van der Waals surface area (Å²) >= 11 is 0. The molecular weight excluding hydrogens is 398 g/mol. The van der Waals surface area contributed by atoms with Crippen molar-refractivity contribution in [3.05, 3.63) is 41.5 Å². The van der Waals surface area contributed by atoms with Crippen molar-refractivity contribution in [1.82, 2.24) is 0 Å². The third kappa shape index (κ3) is 4.79. The maximum Gasteiger partial charge on any atom is 0.420 e. The molecule has 1 aliphatic carbocycles. The van der Waals surface area contributed by atoms with Crippen LogP contribution in [0.1, 0.15) is 49.8 Å². The van der Waals surface area contributed by atoms with E-state index in [0.717, 1.165) is 0 Å². The normalized spacial score (nSPS) is 21.9. The Morgan fingerprint density at radius 1 is 0.931 bits per heavy atom. The largest absolute Gasteiger partial charge is 0.490 e. The Hall–Kier alpha value is -1.96. The van der Waals surface area contributed by atoms with Gasteiger partial charge in [0.1, 0.15) is 11.3 Å². The SMILES string of the molecule is COC(C)c1ccc2ccc(OC3CCC(C(F)(F)F)CC3)c(C(F)(F)F)c2c1. The molecule has 2 aromatic carbocycles. The number of fused-ring (bicyclic) bond motifs is 1. The van der Waals surface area contributed by atoms with Gasteiger partial charge in [0.05, 0.1) is 18.1 Å². The molecule has 1 atom stereocenters. The fourth-order valence-electron chi connectivity index (χ4n) is 3.78. The Bertz CT molecular complexity index is 851. The molecule has 3 rings (SSSR count). The molecule has 29 heavy (non-hydrogen) atoms. The second-order valence-corrected chi connectivity index (χ2v) is 7.43. The zero-order chi connectivity index (χ0) is 21.4. The van der Waals surface area contributed by atoms with Crippen molar-refractivity contribution >= 4 is 10.8 Å². The summed E-state index contributed by atoms with van der Waals surface area (Å²) in [5.41, 5.74) is -0.313. The molecule has 2 nitrogen and oxygen atoms in total. The Morgan fingerprint density at radius 2 is 1.55 bits per heavy atom. The summed E-state index contributed by atoms with van der Waals surface area (Å²) in [5, 5.41) is 0.387. The summed E-state index contributed by atoms with van der Waals surface area (Å²) in [4.78, 5) is 0. The summed E-state index contributed by atoms with van der Waals surface area (Å²) in [6.07, 6.45) is -10.2. The second-order valence-electron chi connectivity index (χ2n) is 7.43. The number of methoxy groups -OCH3 is 1. The fraction of sp³-hybridized carbons (Fsp3) is 0.524. The molecule has 0 bridgehead atoms. The zero-order valence-electron chi connectivity index (χ0n) is 16.0. The highest BCUT2D eigenvalue weighted by atomic mass is 19.4. The molecule has 1 unspecified atom stereocenters. The zero-order valence-corrected chi connectivity index (χ0v) is 16.0. The average Bonchev–Trinajstić information content (AvgIpc) is 2.65. The van der Waals surface area contributed by atoms with Gasteiger partial charge in [-0.1, -0.05) is 18.2 Å². The van der Waals surface area contributed by atoms with Crippen molar-refractivity contribution in [2.75, 3.05) is 7.11 Å². The van der Waals surface area contributed by atoms with Crippen LogP contribution >= 0.6 is 0 Å². The van der Waals surface area contributed by atoms with Crippen molar-refractivity contribution < 1.29 is 35.8 Å². The maximum absolute atomic E-state index is 13.9. The number of benzene rings is 2. The monoisotopic (exact) mass is 420 g/mol. The van der Waals surface area contributed by atoms with Gasteiger partial charge in [0.25, 0.3) is 0 Å². The van der Waals surface area contributed by atoms with Gasteiger partial charge < -0.3 is 9.47 Å². The molecule has 0 N–H and O–H groups in total. The van der Waals surface area contributed by atoms with Crippen molar-refractivity contribution in [3.63, 3.8) is 0 Å². The molecule has 0 saturated heterocycles. The first-order chi connectivity index (χ1) is 13.5. The number of hydrogen-bond donors (Lipinski definition) is 0. The van der Waals surface area contributed by atoms with E-state index >= 15 is 0 Å². The number of alkyl halides is 6. The van der Waals surface area contributed by atoms with Gasteiger partial charge in [0, 0.05) is 7.11 Å². The maximum atomic E-state index is 13.9. The van der Waals surface area contributed by atoms with E-state index in [4.69, 9.17) is 9.47 Å². The Kier molecular flexibility index (Phi) is 6.03. The Labute approximate surface area is 164 Å².